The zero-order chi connectivity index (χ0) is 18.3. The highest BCUT2D eigenvalue weighted by Gasteiger charge is 2.34. The van der Waals surface area contributed by atoms with Gasteiger partial charge in [-0.05, 0) is 48.2 Å². The third-order valence-corrected chi connectivity index (χ3v) is 5.98. The van der Waals surface area contributed by atoms with Gasteiger partial charge in [0.15, 0.2) is 5.13 Å². The summed E-state index contributed by atoms with van der Waals surface area (Å²) < 4.78 is 1.21. The molecule has 4 nitrogen and oxygen atoms in total. The second-order valence-corrected chi connectivity index (χ2v) is 8.34. The molecule has 3 aromatic rings. The standard InChI is InChI=1S/C21H23N3OS/c1-13(2)15-5-7-17(8-6-15)22-20(25)16-11-24(12-16)21-23-18-9-4-14(3)10-19(18)26-21/h4-10,13,16H,11-12H2,1-3H3,(H,22,25). The Labute approximate surface area is 157 Å². The predicted octanol–water partition coefficient (Wildman–Crippen LogP) is 4.80. The summed E-state index contributed by atoms with van der Waals surface area (Å²) in [6.07, 6.45) is 0. The highest BCUT2D eigenvalue weighted by molar-refractivity contribution is 7.22. The lowest BCUT2D eigenvalue weighted by atomic mass is 9.99. The van der Waals surface area contributed by atoms with E-state index < -0.39 is 0 Å². The summed E-state index contributed by atoms with van der Waals surface area (Å²) in [6.45, 7) is 7.89. The zero-order valence-electron chi connectivity index (χ0n) is 15.3. The molecule has 0 unspecified atom stereocenters. The molecule has 0 spiro atoms. The first-order valence-corrected chi connectivity index (χ1v) is 9.84. The van der Waals surface area contributed by atoms with E-state index in [0.717, 1.165) is 29.4 Å². The lowest BCUT2D eigenvalue weighted by Gasteiger charge is -2.37. The average molecular weight is 366 g/mol. The Kier molecular flexibility index (Phi) is 4.41. The third kappa shape index (κ3) is 3.31. The number of aromatic nitrogens is 1. The molecule has 0 aliphatic carbocycles. The average Bonchev–Trinajstić information content (AvgIpc) is 2.96. The SMILES string of the molecule is Cc1ccc2nc(N3CC(C(=O)Nc4ccc(C(C)C)cc4)C3)sc2c1. The first kappa shape index (κ1) is 17.0. The van der Waals surface area contributed by atoms with Crippen LogP contribution in [0.15, 0.2) is 42.5 Å². The molecule has 134 valence electrons. The molecular formula is C21H23N3OS. The smallest absolute Gasteiger partial charge is 0.231 e. The molecule has 0 radical (unpaired) electrons. The summed E-state index contributed by atoms with van der Waals surface area (Å²) in [4.78, 5) is 19.3. The van der Waals surface area contributed by atoms with Crippen molar-refractivity contribution in [3.63, 3.8) is 0 Å². The van der Waals surface area contributed by atoms with Crippen molar-refractivity contribution in [2.75, 3.05) is 23.3 Å². The van der Waals surface area contributed by atoms with E-state index in [1.807, 2.05) is 12.1 Å². The van der Waals surface area contributed by atoms with Crippen molar-refractivity contribution in [2.24, 2.45) is 5.92 Å². The third-order valence-electron chi connectivity index (χ3n) is 4.90. The van der Waals surface area contributed by atoms with Gasteiger partial charge in [-0.3, -0.25) is 4.79 Å². The van der Waals surface area contributed by atoms with Gasteiger partial charge in [0.25, 0.3) is 0 Å². The van der Waals surface area contributed by atoms with Gasteiger partial charge >= 0.3 is 0 Å². The van der Waals surface area contributed by atoms with Crippen LogP contribution in [-0.2, 0) is 4.79 Å². The second-order valence-electron chi connectivity index (χ2n) is 7.34. The maximum atomic E-state index is 12.5. The van der Waals surface area contributed by atoms with Gasteiger partial charge < -0.3 is 10.2 Å². The summed E-state index contributed by atoms with van der Waals surface area (Å²) in [5.74, 6) is 0.613. The van der Waals surface area contributed by atoms with E-state index >= 15 is 0 Å². The number of thiazole rings is 1. The number of carbonyl (C=O) groups is 1. The molecule has 0 atom stereocenters. The number of nitrogens with one attached hydrogen (secondary N) is 1. The van der Waals surface area contributed by atoms with Crippen molar-refractivity contribution in [1.29, 1.82) is 0 Å². The summed E-state index contributed by atoms with van der Waals surface area (Å²) in [7, 11) is 0. The molecule has 1 aliphatic rings. The zero-order valence-corrected chi connectivity index (χ0v) is 16.1. The number of anilines is 2. The minimum absolute atomic E-state index is 0.0218. The molecule has 1 saturated heterocycles. The number of benzene rings is 2. The number of rotatable bonds is 4. The molecule has 26 heavy (non-hydrogen) atoms. The minimum atomic E-state index is 0.0218. The van der Waals surface area contributed by atoms with E-state index in [2.05, 4.69) is 61.3 Å². The van der Waals surface area contributed by atoms with Crippen LogP contribution >= 0.6 is 11.3 Å². The first-order valence-electron chi connectivity index (χ1n) is 9.02. The summed E-state index contributed by atoms with van der Waals surface area (Å²) >= 11 is 1.70. The fraction of sp³-hybridized carbons (Fsp3) is 0.333. The van der Waals surface area contributed by atoms with E-state index in [1.54, 1.807) is 11.3 Å². The molecule has 1 amide bonds. The summed E-state index contributed by atoms with van der Waals surface area (Å²) in [5.41, 5.74) is 4.43. The van der Waals surface area contributed by atoms with Gasteiger partial charge in [0, 0.05) is 18.8 Å². The van der Waals surface area contributed by atoms with Crippen LogP contribution in [0.5, 0.6) is 0 Å². The van der Waals surface area contributed by atoms with Gasteiger partial charge in [-0.2, -0.15) is 0 Å². The summed E-state index contributed by atoms with van der Waals surface area (Å²) in [5, 5.41) is 4.04. The Morgan fingerprint density at radius 1 is 1.19 bits per heavy atom. The fourth-order valence-corrected chi connectivity index (χ4v) is 4.23. The monoisotopic (exact) mass is 365 g/mol. The molecule has 0 bridgehead atoms. The quantitative estimate of drug-likeness (QED) is 0.722. The van der Waals surface area contributed by atoms with Crippen LogP contribution < -0.4 is 10.2 Å². The fourth-order valence-electron chi connectivity index (χ4n) is 3.15. The van der Waals surface area contributed by atoms with Crippen LogP contribution in [0.3, 0.4) is 0 Å². The van der Waals surface area contributed by atoms with Crippen molar-refractivity contribution in [1.82, 2.24) is 4.98 Å². The molecule has 5 heteroatoms. The molecule has 4 rings (SSSR count). The molecular weight excluding hydrogens is 342 g/mol. The number of amides is 1. The van der Waals surface area contributed by atoms with E-state index in [9.17, 15) is 4.79 Å². The normalized spacial score (nSPS) is 14.7. The number of hydrogen-bond donors (Lipinski definition) is 1. The lowest BCUT2D eigenvalue weighted by Crippen LogP contribution is -2.52. The molecule has 1 aliphatic heterocycles. The summed E-state index contributed by atoms with van der Waals surface area (Å²) in [6, 6.07) is 14.4. The number of aryl methyl sites for hydroxylation is 1. The van der Waals surface area contributed by atoms with Crippen LogP contribution in [0.2, 0.25) is 0 Å². The number of carbonyl (C=O) groups excluding carboxylic acids is 1. The Morgan fingerprint density at radius 2 is 1.92 bits per heavy atom. The van der Waals surface area contributed by atoms with Crippen LogP contribution in [0.25, 0.3) is 10.2 Å². The lowest BCUT2D eigenvalue weighted by molar-refractivity contribution is -0.120. The van der Waals surface area contributed by atoms with E-state index in [1.165, 1.54) is 15.8 Å². The van der Waals surface area contributed by atoms with Crippen LogP contribution in [-0.4, -0.2) is 24.0 Å². The van der Waals surface area contributed by atoms with Crippen molar-refractivity contribution >= 4 is 38.3 Å². The van der Waals surface area contributed by atoms with Crippen LogP contribution in [0.4, 0.5) is 10.8 Å². The van der Waals surface area contributed by atoms with Gasteiger partial charge in [-0.25, -0.2) is 4.98 Å². The van der Waals surface area contributed by atoms with Gasteiger partial charge in [-0.1, -0.05) is 43.4 Å². The second kappa shape index (κ2) is 6.72. The van der Waals surface area contributed by atoms with Gasteiger partial charge in [0.2, 0.25) is 5.91 Å². The van der Waals surface area contributed by atoms with Crippen molar-refractivity contribution < 1.29 is 4.79 Å². The number of nitrogens with zero attached hydrogens (tertiary/aromatic N) is 2. The van der Waals surface area contributed by atoms with Gasteiger partial charge in [0.05, 0.1) is 16.1 Å². The molecule has 1 N–H and O–H groups in total. The highest BCUT2D eigenvalue weighted by atomic mass is 32.1. The maximum absolute atomic E-state index is 12.5. The van der Waals surface area contributed by atoms with Crippen LogP contribution in [0.1, 0.15) is 30.9 Å². The molecule has 1 fully saturated rings. The van der Waals surface area contributed by atoms with E-state index in [4.69, 9.17) is 4.98 Å². The number of hydrogen-bond acceptors (Lipinski definition) is 4. The molecule has 2 heterocycles. The van der Waals surface area contributed by atoms with E-state index in [0.29, 0.717) is 5.92 Å². The van der Waals surface area contributed by atoms with Crippen molar-refractivity contribution in [3.05, 3.63) is 53.6 Å². The largest absolute Gasteiger partial charge is 0.346 e. The van der Waals surface area contributed by atoms with Gasteiger partial charge in [-0.15, -0.1) is 0 Å². The Morgan fingerprint density at radius 3 is 2.62 bits per heavy atom. The molecule has 1 aromatic heterocycles. The topological polar surface area (TPSA) is 45.2 Å². The molecule has 0 saturated carbocycles. The molecule has 2 aromatic carbocycles. The van der Waals surface area contributed by atoms with Crippen LogP contribution in [0, 0.1) is 12.8 Å². The predicted molar refractivity (Wildman–Crippen MR) is 109 cm³/mol. The Balaban J connectivity index is 1.36. The van der Waals surface area contributed by atoms with Gasteiger partial charge in [0.1, 0.15) is 0 Å². The first-order chi connectivity index (χ1) is 12.5. The Hall–Kier alpha value is -2.40. The van der Waals surface area contributed by atoms with E-state index in [-0.39, 0.29) is 11.8 Å². The minimum Gasteiger partial charge on any atom is -0.346 e. The Bertz CT molecular complexity index is 940. The highest BCUT2D eigenvalue weighted by Crippen LogP contribution is 2.33. The van der Waals surface area contributed by atoms with Crippen molar-refractivity contribution in [2.45, 2.75) is 26.7 Å². The number of fused-ring (bicyclic) bond motifs is 1. The van der Waals surface area contributed by atoms with Crippen molar-refractivity contribution in [3.8, 4) is 0 Å². The maximum Gasteiger partial charge on any atom is 0.231 e.